The lowest BCUT2D eigenvalue weighted by molar-refractivity contribution is -0.0118. The highest BCUT2D eigenvalue weighted by atomic mass is 35.5. The minimum Gasteiger partial charge on any atom is -0.367 e. The van der Waals surface area contributed by atoms with E-state index < -0.39 is 0 Å². The molecular formula is C23H23Cl3N2O. The van der Waals surface area contributed by atoms with Crippen molar-refractivity contribution >= 4 is 34.8 Å². The second-order valence-corrected chi connectivity index (χ2v) is 9.19. The van der Waals surface area contributed by atoms with Gasteiger partial charge >= 0.3 is 0 Å². The first-order chi connectivity index (χ1) is 14.0. The molecule has 0 saturated carbocycles. The lowest BCUT2D eigenvalue weighted by atomic mass is 10.1. The van der Waals surface area contributed by atoms with Crippen LogP contribution in [0.5, 0.6) is 0 Å². The van der Waals surface area contributed by atoms with Gasteiger partial charge in [0.25, 0.3) is 0 Å². The van der Waals surface area contributed by atoms with E-state index in [0.29, 0.717) is 27.2 Å². The van der Waals surface area contributed by atoms with Crippen LogP contribution in [0.15, 0.2) is 30.3 Å². The van der Waals surface area contributed by atoms with Crippen LogP contribution in [-0.4, -0.2) is 24.0 Å². The molecule has 2 aliphatic rings. The molecule has 0 spiro atoms. The third-order valence-electron chi connectivity index (χ3n) is 6.23. The highest BCUT2D eigenvalue weighted by molar-refractivity contribution is 6.35. The lowest BCUT2D eigenvalue weighted by Crippen LogP contribution is -2.37. The Morgan fingerprint density at radius 1 is 1.17 bits per heavy atom. The van der Waals surface area contributed by atoms with Crippen molar-refractivity contribution in [3.8, 4) is 6.07 Å². The molecule has 3 atom stereocenters. The highest BCUT2D eigenvalue weighted by Crippen LogP contribution is 2.44. The molecule has 3 unspecified atom stereocenters. The van der Waals surface area contributed by atoms with E-state index in [1.165, 1.54) is 12.8 Å². The zero-order chi connectivity index (χ0) is 20.5. The van der Waals surface area contributed by atoms with Crippen molar-refractivity contribution in [1.29, 1.82) is 5.26 Å². The molecule has 2 aromatic carbocycles. The van der Waals surface area contributed by atoms with E-state index in [4.69, 9.17) is 44.8 Å². The minimum absolute atomic E-state index is 0.108. The van der Waals surface area contributed by atoms with Crippen LogP contribution in [0.3, 0.4) is 0 Å². The maximum Gasteiger partial charge on any atom is 0.0992 e. The molecule has 0 amide bonds. The van der Waals surface area contributed by atoms with Crippen molar-refractivity contribution in [2.24, 2.45) is 5.92 Å². The monoisotopic (exact) mass is 448 g/mol. The van der Waals surface area contributed by atoms with Gasteiger partial charge in [0.1, 0.15) is 0 Å². The molecule has 3 nitrogen and oxygen atoms in total. The molecule has 4 rings (SSSR count). The van der Waals surface area contributed by atoms with Crippen molar-refractivity contribution in [1.82, 2.24) is 4.90 Å². The molecule has 0 bridgehead atoms. The van der Waals surface area contributed by atoms with Crippen LogP contribution in [0.1, 0.15) is 48.1 Å². The molecule has 0 N–H and O–H groups in total. The van der Waals surface area contributed by atoms with E-state index in [1.54, 1.807) is 12.1 Å². The SMILES string of the molecule is CCC1CCN(C2Cc3c(Cl)cc(Cl)cc3C2OCc2ccc(C#N)cc2Cl)C1. The number of hydrogen-bond acceptors (Lipinski definition) is 3. The summed E-state index contributed by atoms with van der Waals surface area (Å²) in [5, 5.41) is 10.9. The maximum absolute atomic E-state index is 9.04. The molecule has 29 heavy (non-hydrogen) atoms. The Bertz CT molecular complexity index is 956. The van der Waals surface area contributed by atoms with Crippen LogP contribution >= 0.6 is 34.8 Å². The zero-order valence-electron chi connectivity index (χ0n) is 16.3. The Hall–Kier alpha value is -1.28. The van der Waals surface area contributed by atoms with E-state index in [2.05, 4.69) is 17.9 Å². The van der Waals surface area contributed by atoms with Gasteiger partial charge in [-0.25, -0.2) is 0 Å². The number of fused-ring (bicyclic) bond motifs is 1. The number of likely N-dealkylation sites (tertiary alicyclic amines) is 1. The van der Waals surface area contributed by atoms with Crippen LogP contribution in [0.25, 0.3) is 0 Å². The Morgan fingerprint density at radius 2 is 2.00 bits per heavy atom. The summed E-state index contributed by atoms with van der Waals surface area (Å²) in [7, 11) is 0. The predicted molar refractivity (Wildman–Crippen MR) is 118 cm³/mol. The average molecular weight is 450 g/mol. The van der Waals surface area contributed by atoms with Crippen LogP contribution in [0, 0.1) is 17.2 Å². The van der Waals surface area contributed by atoms with E-state index >= 15 is 0 Å². The van der Waals surface area contributed by atoms with E-state index in [0.717, 1.165) is 42.1 Å². The summed E-state index contributed by atoms with van der Waals surface area (Å²) in [5.74, 6) is 0.742. The molecule has 1 fully saturated rings. The van der Waals surface area contributed by atoms with Gasteiger partial charge in [-0.1, -0.05) is 54.2 Å². The largest absolute Gasteiger partial charge is 0.367 e. The Labute approximate surface area is 187 Å². The summed E-state index contributed by atoms with van der Waals surface area (Å²) in [4.78, 5) is 2.55. The maximum atomic E-state index is 9.04. The van der Waals surface area contributed by atoms with Gasteiger partial charge in [0.05, 0.1) is 24.3 Å². The second-order valence-electron chi connectivity index (χ2n) is 7.93. The first-order valence-electron chi connectivity index (χ1n) is 10.0. The molecule has 1 heterocycles. The van der Waals surface area contributed by atoms with E-state index in [1.807, 2.05) is 18.2 Å². The molecule has 1 saturated heterocycles. The van der Waals surface area contributed by atoms with Crippen molar-refractivity contribution in [3.05, 3.63) is 67.7 Å². The van der Waals surface area contributed by atoms with Crippen LogP contribution < -0.4 is 0 Å². The number of hydrogen-bond donors (Lipinski definition) is 0. The van der Waals surface area contributed by atoms with Crippen molar-refractivity contribution in [2.75, 3.05) is 13.1 Å². The standard InChI is InChI=1S/C23H23Cl3N2O/c1-2-14-5-6-28(12-14)22-10-18-19(8-17(24)9-21(18)26)23(22)29-13-16-4-3-15(11-27)7-20(16)25/h3-4,7-9,14,22-23H,2,5-6,10,12-13H2,1H3. The Morgan fingerprint density at radius 3 is 2.69 bits per heavy atom. The van der Waals surface area contributed by atoms with Crippen molar-refractivity contribution < 1.29 is 4.74 Å². The molecular weight excluding hydrogens is 427 g/mol. The fourth-order valence-electron chi connectivity index (χ4n) is 4.55. The molecule has 1 aliphatic heterocycles. The van der Waals surface area contributed by atoms with Gasteiger partial charge in [-0.2, -0.15) is 5.26 Å². The summed E-state index contributed by atoms with van der Waals surface area (Å²) in [6, 6.07) is 11.5. The Balaban J connectivity index is 1.60. The third kappa shape index (κ3) is 4.29. The molecule has 0 aromatic heterocycles. The van der Waals surface area contributed by atoms with Crippen LogP contribution in [0.2, 0.25) is 15.1 Å². The fourth-order valence-corrected chi connectivity index (χ4v) is 5.37. The molecule has 1 aliphatic carbocycles. The average Bonchev–Trinajstić information content (AvgIpc) is 3.31. The number of halogens is 3. The number of rotatable bonds is 5. The first-order valence-corrected chi connectivity index (χ1v) is 11.2. The van der Waals surface area contributed by atoms with E-state index in [9.17, 15) is 0 Å². The first kappa shape index (κ1) is 21.0. The predicted octanol–water partition coefficient (Wildman–Crippen LogP) is 6.43. The smallest absolute Gasteiger partial charge is 0.0992 e. The fraction of sp³-hybridized carbons (Fsp3) is 0.435. The summed E-state index contributed by atoms with van der Waals surface area (Å²) < 4.78 is 6.45. The highest BCUT2D eigenvalue weighted by Gasteiger charge is 2.40. The van der Waals surface area contributed by atoms with Crippen LogP contribution in [0.4, 0.5) is 0 Å². The van der Waals surface area contributed by atoms with Crippen molar-refractivity contribution in [3.63, 3.8) is 0 Å². The number of benzene rings is 2. The minimum atomic E-state index is -0.108. The van der Waals surface area contributed by atoms with Gasteiger partial charge in [0, 0.05) is 27.7 Å². The topological polar surface area (TPSA) is 36.3 Å². The molecule has 2 aromatic rings. The molecule has 0 radical (unpaired) electrons. The number of nitriles is 1. The summed E-state index contributed by atoms with van der Waals surface area (Å²) in [6.07, 6.45) is 3.19. The number of ether oxygens (including phenoxy) is 1. The second kappa shape index (κ2) is 8.84. The van der Waals surface area contributed by atoms with E-state index in [-0.39, 0.29) is 12.1 Å². The third-order valence-corrected chi connectivity index (χ3v) is 7.14. The molecule has 152 valence electrons. The summed E-state index contributed by atoms with van der Waals surface area (Å²) in [5.41, 5.74) is 3.64. The Kier molecular flexibility index (Phi) is 6.39. The molecule has 6 heteroatoms. The van der Waals surface area contributed by atoms with Gasteiger partial charge < -0.3 is 4.74 Å². The van der Waals surface area contributed by atoms with Gasteiger partial charge in [-0.15, -0.1) is 0 Å². The summed E-state index contributed by atoms with van der Waals surface area (Å²) in [6.45, 7) is 4.81. The van der Waals surface area contributed by atoms with Gasteiger partial charge in [0.2, 0.25) is 0 Å². The zero-order valence-corrected chi connectivity index (χ0v) is 18.6. The lowest BCUT2D eigenvalue weighted by Gasteiger charge is -2.30. The van der Waals surface area contributed by atoms with Gasteiger partial charge in [0.15, 0.2) is 0 Å². The van der Waals surface area contributed by atoms with Crippen molar-refractivity contribution in [2.45, 2.75) is 44.9 Å². The van der Waals surface area contributed by atoms with Gasteiger partial charge in [-0.3, -0.25) is 4.90 Å². The number of nitrogens with zero attached hydrogens (tertiary/aromatic N) is 2. The quantitative estimate of drug-likeness (QED) is 0.527. The summed E-state index contributed by atoms with van der Waals surface area (Å²) >= 11 is 19.2. The normalized spacial score (nSPS) is 23.9. The van der Waals surface area contributed by atoms with Gasteiger partial charge in [-0.05, 0) is 66.3 Å². The van der Waals surface area contributed by atoms with Crippen LogP contribution in [-0.2, 0) is 17.8 Å².